The maximum atomic E-state index is 13.4. The summed E-state index contributed by atoms with van der Waals surface area (Å²) < 4.78 is 24.3. The topological polar surface area (TPSA) is 42.7 Å². The number of ether oxygens (including phenoxy) is 1. The molecule has 0 saturated carbocycles. The number of furan rings is 1. The van der Waals surface area contributed by atoms with Crippen molar-refractivity contribution in [3.8, 4) is 5.75 Å². The number of aryl methyl sites for hydroxylation is 2. The van der Waals surface area contributed by atoms with E-state index in [2.05, 4.69) is 0 Å². The van der Waals surface area contributed by atoms with Crippen molar-refractivity contribution in [1.29, 1.82) is 0 Å². The summed E-state index contributed by atoms with van der Waals surface area (Å²) in [5.41, 5.74) is 1.44. The highest BCUT2D eigenvalue weighted by Gasteiger charge is 2.21. The van der Waals surface area contributed by atoms with Crippen LogP contribution in [0.25, 0.3) is 0 Å². The minimum atomic E-state index is -0.409. The van der Waals surface area contributed by atoms with E-state index in [9.17, 15) is 9.18 Å². The van der Waals surface area contributed by atoms with Crippen LogP contribution < -0.4 is 4.74 Å². The van der Waals surface area contributed by atoms with Gasteiger partial charge >= 0.3 is 0 Å². The lowest BCUT2D eigenvalue weighted by Crippen LogP contribution is -2.31. The highest BCUT2D eigenvalue weighted by Crippen LogP contribution is 2.22. The minimum absolute atomic E-state index is 0.121. The van der Waals surface area contributed by atoms with Gasteiger partial charge in [0.1, 0.15) is 18.1 Å². The van der Waals surface area contributed by atoms with Crippen molar-refractivity contribution in [3.05, 3.63) is 52.7 Å². The van der Waals surface area contributed by atoms with Gasteiger partial charge in [0.15, 0.2) is 11.6 Å². The van der Waals surface area contributed by atoms with Crippen LogP contribution >= 0.6 is 0 Å². The molecule has 118 valence electrons. The molecular formula is C17H20FNO3. The zero-order chi connectivity index (χ0) is 16.3. The second-order valence-electron chi connectivity index (χ2n) is 5.22. The Bertz CT molecular complexity index is 679. The van der Waals surface area contributed by atoms with Crippen molar-refractivity contribution < 1.29 is 18.3 Å². The molecule has 5 heteroatoms. The maximum Gasteiger partial charge on any atom is 0.257 e. The molecule has 0 bridgehead atoms. The Morgan fingerprint density at radius 1 is 1.23 bits per heavy atom. The first kappa shape index (κ1) is 16.1. The molecule has 1 heterocycles. The molecule has 0 radical (unpaired) electrons. The second-order valence-corrected chi connectivity index (χ2v) is 5.22. The summed E-state index contributed by atoms with van der Waals surface area (Å²) >= 11 is 0. The standard InChI is InChI=1S/C17H20FNO3/c1-11-12(2)22-13(3)16(11)17(20)19(4)9-10-21-15-8-6-5-7-14(15)18/h5-8H,9-10H2,1-4H3. The van der Waals surface area contributed by atoms with Gasteiger partial charge in [-0.05, 0) is 32.9 Å². The number of hydrogen-bond donors (Lipinski definition) is 0. The van der Waals surface area contributed by atoms with Crippen LogP contribution in [0.5, 0.6) is 5.75 Å². The second kappa shape index (κ2) is 6.64. The molecule has 0 aliphatic carbocycles. The van der Waals surface area contributed by atoms with E-state index in [-0.39, 0.29) is 18.3 Å². The number of carbonyl (C=O) groups excluding carboxylic acids is 1. The lowest BCUT2D eigenvalue weighted by molar-refractivity contribution is 0.0770. The fraction of sp³-hybridized carbons (Fsp3) is 0.353. The first-order valence-corrected chi connectivity index (χ1v) is 7.11. The summed E-state index contributed by atoms with van der Waals surface area (Å²) in [6.07, 6.45) is 0. The van der Waals surface area contributed by atoms with E-state index in [0.29, 0.717) is 17.9 Å². The van der Waals surface area contributed by atoms with Gasteiger partial charge in [-0.25, -0.2) is 4.39 Å². The predicted molar refractivity (Wildman–Crippen MR) is 81.8 cm³/mol. The average Bonchev–Trinajstić information content (AvgIpc) is 2.73. The molecule has 0 fully saturated rings. The first-order valence-electron chi connectivity index (χ1n) is 7.11. The Balaban J connectivity index is 1.96. The lowest BCUT2D eigenvalue weighted by Gasteiger charge is -2.17. The third kappa shape index (κ3) is 3.30. The molecule has 0 spiro atoms. The van der Waals surface area contributed by atoms with Gasteiger partial charge in [-0.1, -0.05) is 12.1 Å². The number of benzene rings is 1. The van der Waals surface area contributed by atoms with E-state index >= 15 is 0 Å². The van der Waals surface area contributed by atoms with Gasteiger partial charge in [0.25, 0.3) is 5.91 Å². The van der Waals surface area contributed by atoms with Crippen molar-refractivity contribution in [2.24, 2.45) is 0 Å². The van der Waals surface area contributed by atoms with Crippen molar-refractivity contribution in [2.45, 2.75) is 20.8 Å². The molecule has 4 nitrogen and oxygen atoms in total. The van der Waals surface area contributed by atoms with Crippen molar-refractivity contribution >= 4 is 5.91 Å². The van der Waals surface area contributed by atoms with Crippen LogP contribution in [0.2, 0.25) is 0 Å². The molecule has 0 atom stereocenters. The summed E-state index contributed by atoms with van der Waals surface area (Å²) in [5.74, 6) is 1.02. The van der Waals surface area contributed by atoms with Crippen molar-refractivity contribution in [3.63, 3.8) is 0 Å². The summed E-state index contributed by atoms with van der Waals surface area (Å²) in [6, 6.07) is 6.20. The Labute approximate surface area is 129 Å². The van der Waals surface area contributed by atoms with Crippen LogP contribution in [0.4, 0.5) is 4.39 Å². The first-order chi connectivity index (χ1) is 10.4. The van der Waals surface area contributed by atoms with Gasteiger partial charge < -0.3 is 14.1 Å². The van der Waals surface area contributed by atoms with Crippen molar-refractivity contribution in [1.82, 2.24) is 4.90 Å². The van der Waals surface area contributed by atoms with Crippen LogP contribution in [0.3, 0.4) is 0 Å². The SMILES string of the molecule is Cc1oc(C)c(C(=O)N(C)CCOc2ccccc2F)c1C. The summed E-state index contributed by atoms with van der Waals surface area (Å²) in [7, 11) is 1.69. The highest BCUT2D eigenvalue weighted by molar-refractivity contribution is 5.96. The van der Waals surface area contributed by atoms with Gasteiger partial charge in [0.05, 0.1) is 12.1 Å². The highest BCUT2D eigenvalue weighted by atomic mass is 19.1. The molecule has 1 aromatic carbocycles. The summed E-state index contributed by atoms with van der Waals surface area (Å²) in [5, 5.41) is 0. The van der Waals surface area contributed by atoms with Crippen LogP contribution in [-0.4, -0.2) is 31.0 Å². The normalized spacial score (nSPS) is 10.6. The van der Waals surface area contributed by atoms with Gasteiger partial charge in [-0.15, -0.1) is 0 Å². The zero-order valence-corrected chi connectivity index (χ0v) is 13.3. The average molecular weight is 305 g/mol. The smallest absolute Gasteiger partial charge is 0.257 e. The van der Waals surface area contributed by atoms with E-state index in [0.717, 1.165) is 11.3 Å². The molecule has 0 N–H and O–H groups in total. The van der Waals surface area contributed by atoms with E-state index < -0.39 is 5.82 Å². The van der Waals surface area contributed by atoms with Gasteiger partial charge in [-0.2, -0.15) is 0 Å². The minimum Gasteiger partial charge on any atom is -0.489 e. The number of hydrogen-bond acceptors (Lipinski definition) is 3. The number of para-hydroxylation sites is 1. The fourth-order valence-electron chi connectivity index (χ4n) is 2.26. The van der Waals surface area contributed by atoms with Gasteiger partial charge in [0, 0.05) is 12.6 Å². The van der Waals surface area contributed by atoms with Crippen LogP contribution in [-0.2, 0) is 0 Å². The molecule has 1 amide bonds. The maximum absolute atomic E-state index is 13.4. The monoisotopic (exact) mass is 305 g/mol. The number of likely N-dealkylation sites (N-methyl/N-ethyl adjacent to an activating group) is 1. The third-order valence-corrected chi connectivity index (χ3v) is 3.64. The number of amides is 1. The largest absolute Gasteiger partial charge is 0.489 e. The summed E-state index contributed by atoms with van der Waals surface area (Å²) in [4.78, 5) is 14.0. The van der Waals surface area contributed by atoms with Crippen LogP contribution in [0, 0.1) is 26.6 Å². The predicted octanol–water partition coefficient (Wildman–Crippen LogP) is 3.49. The Morgan fingerprint density at radius 3 is 2.50 bits per heavy atom. The van der Waals surface area contributed by atoms with Gasteiger partial charge in [-0.3, -0.25) is 4.79 Å². The fourth-order valence-corrected chi connectivity index (χ4v) is 2.26. The molecule has 0 saturated heterocycles. The lowest BCUT2D eigenvalue weighted by atomic mass is 10.1. The van der Waals surface area contributed by atoms with E-state index in [1.807, 2.05) is 13.8 Å². The van der Waals surface area contributed by atoms with E-state index in [1.54, 1.807) is 37.1 Å². The zero-order valence-electron chi connectivity index (χ0n) is 13.3. The number of nitrogens with zero attached hydrogens (tertiary/aromatic N) is 1. The van der Waals surface area contributed by atoms with E-state index in [4.69, 9.17) is 9.15 Å². The number of halogens is 1. The molecule has 0 aliphatic heterocycles. The van der Waals surface area contributed by atoms with Crippen LogP contribution in [0.15, 0.2) is 28.7 Å². The number of carbonyl (C=O) groups is 1. The molecule has 0 unspecified atom stereocenters. The molecule has 1 aromatic heterocycles. The Morgan fingerprint density at radius 2 is 1.91 bits per heavy atom. The van der Waals surface area contributed by atoms with Gasteiger partial charge in [0.2, 0.25) is 0 Å². The number of rotatable bonds is 5. The quantitative estimate of drug-likeness (QED) is 0.849. The van der Waals surface area contributed by atoms with Crippen LogP contribution in [0.1, 0.15) is 27.4 Å². The Hall–Kier alpha value is -2.30. The molecule has 0 aliphatic rings. The molecular weight excluding hydrogens is 285 g/mol. The molecule has 2 aromatic rings. The van der Waals surface area contributed by atoms with E-state index in [1.165, 1.54) is 6.07 Å². The summed E-state index contributed by atoms with van der Waals surface area (Å²) in [6.45, 7) is 6.05. The molecule has 22 heavy (non-hydrogen) atoms. The Kier molecular flexibility index (Phi) is 4.85. The third-order valence-electron chi connectivity index (χ3n) is 3.64. The van der Waals surface area contributed by atoms with Crippen molar-refractivity contribution in [2.75, 3.05) is 20.2 Å². The molecule has 2 rings (SSSR count).